The first-order valence-electron chi connectivity index (χ1n) is 2.94. The van der Waals surface area contributed by atoms with Crippen molar-refractivity contribution in [3.8, 4) is 0 Å². The fourth-order valence-electron chi connectivity index (χ4n) is 0.959. The van der Waals surface area contributed by atoms with Gasteiger partial charge in [-0.3, -0.25) is 9.69 Å². The quantitative estimate of drug-likeness (QED) is 0.458. The molecule has 1 rings (SSSR count). The van der Waals surface area contributed by atoms with Crippen molar-refractivity contribution in [2.75, 3.05) is 19.6 Å². The second-order valence-electron chi connectivity index (χ2n) is 2.42. The number of hydrogen-bond donors (Lipinski definition) is 2. The van der Waals surface area contributed by atoms with Crippen LogP contribution in [0.3, 0.4) is 0 Å². The summed E-state index contributed by atoms with van der Waals surface area (Å²) in [5.41, 5.74) is 10.4. The molecule has 1 aliphatic heterocycles. The van der Waals surface area contributed by atoms with Gasteiger partial charge in [0.2, 0.25) is 5.91 Å². The van der Waals surface area contributed by atoms with Gasteiger partial charge >= 0.3 is 0 Å². The van der Waals surface area contributed by atoms with Gasteiger partial charge in [0.05, 0.1) is 6.54 Å². The molecule has 0 radical (unpaired) electrons. The molecule has 9 heavy (non-hydrogen) atoms. The van der Waals surface area contributed by atoms with Crippen molar-refractivity contribution in [2.45, 2.75) is 6.04 Å². The number of amides is 1. The van der Waals surface area contributed by atoms with E-state index < -0.39 is 0 Å². The van der Waals surface area contributed by atoms with Crippen LogP contribution in [0.25, 0.3) is 0 Å². The number of nitrogens with zero attached hydrogens (tertiary/aromatic N) is 1. The maximum atomic E-state index is 10.2. The molecule has 0 aromatic heterocycles. The molecular weight excluding hydrogens is 118 g/mol. The molecule has 52 valence electrons. The zero-order chi connectivity index (χ0) is 6.85. The van der Waals surface area contributed by atoms with Crippen molar-refractivity contribution in [2.24, 2.45) is 11.5 Å². The van der Waals surface area contributed by atoms with Crippen molar-refractivity contribution in [1.82, 2.24) is 4.90 Å². The van der Waals surface area contributed by atoms with E-state index in [1.807, 2.05) is 4.90 Å². The van der Waals surface area contributed by atoms with Crippen LogP contribution in [0.2, 0.25) is 0 Å². The zero-order valence-corrected chi connectivity index (χ0v) is 5.21. The number of carbonyl (C=O) groups is 1. The largest absolute Gasteiger partial charge is 0.369 e. The standard InChI is InChI=1S/C5H11N3O/c6-4-1-8(2-4)3-5(7)9/h4H,1-3,6H2,(H2,7,9). The Bertz CT molecular complexity index is 119. The third kappa shape index (κ3) is 1.65. The molecule has 1 amide bonds. The highest BCUT2D eigenvalue weighted by atomic mass is 16.1. The van der Waals surface area contributed by atoms with Crippen LogP contribution < -0.4 is 11.5 Å². The van der Waals surface area contributed by atoms with Gasteiger partial charge in [-0.05, 0) is 0 Å². The molecule has 1 fully saturated rings. The van der Waals surface area contributed by atoms with Gasteiger partial charge < -0.3 is 11.5 Å². The van der Waals surface area contributed by atoms with E-state index in [4.69, 9.17) is 11.5 Å². The van der Waals surface area contributed by atoms with E-state index in [0.29, 0.717) is 6.54 Å². The van der Waals surface area contributed by atoms with Gasteiger partial charge in [-0.25, -0.2) is 0 Å². The lowest BCUT2D eigenvalue weighted by molar-refractivity contribution is -0.120. The SMILES string of the molecule is NC(=O)CN1CC(N)C1. The van der Waals surface area contributed by atoms with E-state index in [1.54, 1.807) is 0 Å². The molecule has 0 bridgehead atoms. The van der Waals surface area contributed by atoms with Crippen LogP contribution in [0.5, 0.6) is 0 Å². The second-order valence-corrected chi connectivity index (χ2v) is 2.42. The van der Waals surface area contributed by atoms with Crippen molar-refractivity contribution in [3.63, 3.8) is 0 Å². The average molecular weight is 129 g/mol. The highest BCUT2D eigenvalue weighted by Gasteiger charge is 2.23. The zero-order valence-electron chi connectivity index (χ0n) is 5.21. The Kier molecular flexibility index (Phi) is 1.68. The predicted molar refractivity (Wildman–Crippen MR) is 33.6 cm³/mol. The summed E-state index contributed by atoms with van der Waals surface area (Å²) < 4.78 is 0. The lowest BCUT2D eigenvalue weighted by Crippen LogP contribution is -2.57. The number of carbonyl (C=O) groups excluding carboxylic acids is 1. The molecule has 4 N–H and O–H groups in total. The summed E-state index contributed by atoms with van der Waals surface area (Å²) >= 11 is 0. The Balaban J connectivity index is 2.11. The molecule has 0 saturated carbocycles. The molecule has 4 heteroatoms. The molecule has 0 aliphatic carbocycles. The van der Waals surface area contributed by atoms with Crippen LogP contribution in [0.1, 0.15) is 0 Å². The highest BCUT2D eigenvalue weighted by Crippen LogP contribution is 2.02. The summed E-state index contributed by atoms with van der Waals surface area (Å²) in [7, 11) is 0. The normalized spacial score (nSPS) is 21.4. The Morgan fingerprint density at radius 2 is 2.22 bits per heavy atom. The topological polar surface area (TPSA) is 72.4 Å². The van der Waals surface area contributed by atoms with E-state index in [0.717, 1.165) is 13.1 Å². The summed E-state index contributed by atoms with van der Waals surface area (Å²) in [6.07, 6.45) is 0. The predicted octanol–water partition coefficient (Wildman–Crippen LogP) is -1.89. The van der Waals surface area contributed by atoms with Crippen LogP contribution in [-0.2, 0) is 4.79 Å². The van der Waals surface area contributed by atoms with Crippen molar-refractivity contribution in [3.05, 3.63) is 0 Å². The monoisotopic (exact) mass is 129 g/mol. The van der Waals surface area contributed by atoms with E-state index in [1.165, 1.54) is 0 Å². The summed E-state index contributed by atoms with van der Waals surface area (Å²) in [5, 5.41) is 0. The maximum absolute atomic E-state index is 10.2. The van der Waals surface area contributed by atoms with Gasteiger partial charge in [0.15, 0.2) is 0 Å². The van der Waals surface area contributed by atoms with Crippen LogP contribution in [-0.4, -0.2) is 36.5 Å². The average Bonchev–Trinajstić information content (AvgIpc) is 1.60. The minimum Gasteiger partial charge on any atom is -0.369 e. The fourth-order valence-corrected chi connectivity index (χ4v) is 0.959. The van der Waals surface area contributed by atoms with Gasteiger partial charge in [-0.1, -0.05) is 0 Å². The Labute approximate surface area is 53.8 Å². The fraction of sp³-hybridized carbons (Fsp3) is 0.800. The smallest absolute Gasteiger partial charge is 0.231 e. The summed E-state index contributed by atoms with van der Waals surface area (Å²) in [6.45, 7) is 1.97. The van der Waals surface area contributed by atoms with E-state index >= 15 is 0 Å². The molecule has 0 aromatic rings. The van der Waals surface area contributed by atoms with E-state index in [9.17, 15) is 4.79 Å². The molecule has 0 spiro atoms. The molecule has 1 aliphatic rings. The summed E-state index contributed by atoms with van der Waals surface area (Å²) in [5.74, 6) is -0.276. The van der Waals surface area contributed by atoms with Gasteiger partial charge in [0.25, 0.3) is 0 Å². The lowest BCUT2D eigenvalue weighted by atomic mass is 10.1. The number of nitrogens with two attached hydrogens (primary N) is 2. The first-order valence-corrected chi connectivity index (χ1v) is 2.94. The Morgan fingerprint density at radius 1 is 1.67 bits per heavy atom. The minimum absolute atomic E-state index is 0.254. The van der Waals surface area contributed by atoms with Gasteiger partial charge in [0.1, 0.15) is 0 Å². The Hall–Kier alpha value is -0.610. The summed E-state index contributed by atoms with van der Waals surface area (Å²) in [6, 6.07) is 0.254. The molecule has 1 saturated heterocycles. The maximum Gasteiger partial charge on any atom is 0.231 e. The third-order valence-electron chi connectivity index (χ3n) is 1.36. The highest BCUT2D eigenvalue weighted by molar-refractivity contribution is 5.76. The van der Waals surface area contributed by atoms with Crippen molar-refractivity contribution >= 4 is 5.91 Å². The number of primary amides is 1. The van der Waals surface area contributed by atoms with Crippen LogP contribution in [0, 0.1) is 0 Å². The molecular formula is C5H11N3O. The number of rotatable bonds is 2. The van der Waals surface area contributed by atoms with Gasteiger partial charge in [0, 0.05) is 19.1 Å². The van der Waals surface area contributed by atoms with Crippen LogP contribution in [0.15, 0.2) is 0 Å². The van der Waals surface area contributed by atoms with Crippen LogP contribution >= 0.6 is 0 Å². The van der Waals surface area contributed by atoms with Gasteiger partial charge in [-0.15, -0.1) is 0 Å². The number of hydrogen-bond acceptors (Lipinski definition) is 3. The van der Waals surface area contributed by atoms with Crippen LogP contribution in [0.4, 0.5) is 0 Å². The van der Waals surface area contributed by atoms with Crippen molar-refractivity contribution in [1.29, 1.82) is 0 Å². The molecule has 0 unspecified atom stereocenters. The molecule has 1 heterocycles. The Morgan fingerprint density at radius 3 is 2.56 bits per heavy atom. The third-order valence-corrected chi connectivity index (χ3v) is 1.36. The van der Waals surface area contributed by atoms with Crippen molar-refractivity contribution < 1.29 is 4.79 Å². The number of likely N-dealkylation sites (tertiary alicyclic amines) is 1. The lowest BCUT2D eigenvalue weighted by Gasteiger charge is -2.35. The first kappa shape index (κ1) is 6.51. The van der Waals surface area contributed by atoms with E-state index in [2.05, 4.69) is 0 Å². The minimum atomic E-state index is -0.276. The molecule has 0 aromatic carbocycles. The molecule has 0 atom stereocenters. The second kappa shape index (κ2) is 2.33. The van der Waals surface area contributed by atoms with Gasteiger partial charge in [-0.2, -0.15) is 0 Å². The first-order chi connectivity index (χ1) is 4.18. The summed E-state index contributed by atoms with van der Waals surface area (Å²) in [4.78, 5) is 12.2. The molecule has 4 nitrogen and oxygen atoms in total. The van der Waals surface area contributed by atoms with E-state index in [-0.39, 0.29) is 11.9 Å².